The van der Waals surface area contributed by atoms with Gasteiger partial charge in [0.25, 0.3) is 0 Å². The Morgan fingerprint density at radius 1 is 1.24 bits per heavy atom. The number of benzene rings is 1. The minimum Gasteiger partial charge on any atom is -0.493 e. The number of amides is 2. The maximum absolute atomic E-state index is 13.7. The van der Waals surface area contributed by atoms with Crippen molar-refractivity contribution < 1.29 is 23.8 Å². The number of hydrogen-bond donors (Lipinski definition) is 0. The number of rotatable bonds is 10. The fourth-order valence-electron chi connectivity index (χ4n) is 3.84. The van der Waals surface area contributed by atoms with Gasteiger partial charge in [-0.1, -0.05) is 12.1 Å². The minimum absolute atomic E-state index is 0.144. The second-order valence-electron chi connectivity index (χ2n) is 7.58. The van der Waals surface area contributed by atoms with E-state index in [9.17, 15) is 9.59 Å². The molecule has 2 aromatic rings. The summed E-state index contributed by atoms with van der Waals surface area (Å²) in [7, 11) is 4.56. The molecular weight excluding hydrogens is 456 g/mol. The SMILES string of the molecule is COCC(=O)N1C(C(=O)N(CCC#N)Cc2cccnc2)CSC1c1ccc(OC)c(OC)c1. The first-order valence-corrected chi connectivity index (χ1v) is 11.8. The van der Waals surface area contributed by atoms with Crippen molar-refractivity contribution in [2.45, 2.75) is 24.4 Å². The maximum Gasteiger partial charge on any atom is 0.250 e. The Balaban J connectivity index is 1.91. The molecular formula is C24H28N4O5S. The zero-order valence-electron chi connectivity index (χ0n) is 19.5. The molecule has 1 fully saturated rings. The highest BCUT2D eigenvalue weighted by molar-refractivity contribution is 7.99. The van der Waals surface area contributed by atoms with E-state index in [4.69, 9.17) is 19.5 Å². The van der Waals surface area contributed by atoms with Gasteiger partial charge >= 0.3 is 0 Å². The standard InChI is InChI=1S/C24H28N4O5S/c1-31-15-22(29)28-19(16-34-24(28)18-7-8-20(32-2)21(12-18)33-3)23(30)27(11-5-9-25)14-17-6-4-10-26-13-17/h4,6-8,10,12-13,19,24H,5,11,14-16H2,1-3H3. The number of ether oxygens (including phenoxy) is 3. The quantitative estimate of drug-likeness (QED) is 0.507. The van der Waals surface area contributed by atoms with Crippen molar-refractivity contribution in [3.8, 4) is 17.6 Å². The summed E-state index contributed by atoms with van der Waals surface area (Å²) >= 11 is 1.50. The van der Waals surface area contributed by atoms with Crippen molar-refractivity contribution in [2.75, 3.05) is 40.2 Å². The van der Waals surface area contributed by atoms with Crippen molar-refractivity contribution in [2.24, 2.45) is 0 Å². The summed E-state index contributed by atoms with van der Waals surface area (Å²) in [6.45, 7) is 0.427. The largest absolute Gasteiger partial charge is 0.493 e. The molecule has 34 heavy (non-hydrogen) atoms. The van der Waals surface area contributed by atoms with Crippen LogP contribution >= 0.6 is 11.8 Å². The number of nitrogens with zero attached hydrogens (tertiary/aromatic N) is 4. The summed E-state index contributed by atoms with van der Waals surface area (Å²) in [5.74, 6) is 1.05. The Labute approximate surface area is 203 Å². The third kappa shape index (κ3) is 5.79. The molecule has 1 aliphatic heterocycles. The summed E-state index contributed by atoms with van der Waals surface area (Å²) in [6, 6.07) is 10.6. The van der Waals surface area contributed by atoms with Crippen LogP contribution in [0.25, 0.3) is 0 Å². The normalized spacial score (nSPS) is 17.2. The van der Waals surface area contributed by atoms with E-state index >= 15 is 0 Å². The molecule has 2 amide bonds. The van der Waals surface area contributed by atoms with E-state index in [0.717, 1.165) is 11.1 Å². The van der Waals surface area contributed by atoms with Gasteiger partial charge in [-0.2, -0.15) is 5.26 Å². The molecule has 10 heteroatoms. The first-order chi connectivity index (χ1) is 16.5. The topological polar surface area (TPSA) is 105 Å². The third-order valence-electron chi connectivity index (χ3n) is 5.44. The Morgan fingerprint density at radius 2 is 2.03 bits per heavy atom. The molecule has 0 radical (unpaired) electrons. The van der Waals surface area contributed by atoms with E-state index in [-0.39, 0.29) is 31.4 Å². The van der Waals surface area contributed by atoms with E-state index < -0.39 is 11.4 Å². The highest BCUT2D eigenvalue weighted by Crippen LogP contribution is 2.44. The van der Waals surface area contributed by atoms with Crippen molar-refractivity contribution in [1.29, 1.82) is 5.26 Å². The molecule has 0 saturated carbocycles. The van der Waals surface area contributed by atoms with Crippen LogP contribution in [-0.4, -0.2) is 72.9 Å². The van der Waals surface area contributed by atoms with Crippen LogP contribution in [0.4, 0.5) is 0 Å². The summed E-state index contributed by atoms with van der Waals surface area (Å²) in [5.41, 5.74) is 1.67. The molecule has 9 nitrogen and oxygen atoms in total. The molecule has 180 valence electrons. The highest BCUT2D eigenvalue weighted by Gasteiger charge is 2.43. The number of aromatic nitrogens is 1. The van der Waals surface area contributed by atoms with Gasteiger partial charge in [0.05, 0.1) is 26.7 Å². The van der Waals surface area contributed by atoms with Gasteiger partial charge in [-0.05, 0) is 29.3 Å². The van der Waals surface area contributed by atoms with Gasteiger partial charge in [0, 0.05) is 38.3 Å². The lowest BCUT2D eigenvalue weighted by Crippen LogP contribution is -2.50. The zero-order valence-corrected chi connectivity index (χ0v) is 20.3. The van der Waals surface area contributed by atoms with E-state index in [1.807, 2.05) is 18.2 Å². The number of thioether (sulfide) groups is 1. The fraction of sp³-hybridized carbons (Fsp3) is 0.417. The van der Waals surface area contributed by atoms with Gasteiger partial charge < -0.3 is 24.0 Å². The molecule has 0 spiro atoms. The molecule has 1 saturated heterocycles. The lowest BCUT2D eigenvalue weighted by molar-refractivity contribution is -0.147. The molecule has 0 bridgehead atoms. The van der Waals surface area contributed by atoms with E-state index in [1.54, 1.807) is 48.5 Å². The van der Waals surface area contributed by atoms with Gasteiger partial charge in [-0.3, -0.25) is 14.6 Å². The number of methoxy groups -OCH3 is 3. The Morgan fingerprint density at radius 3 is 2.68 bits per heavy atom. The first-order valence-electron chi connectivity index (χ1n) is 10.7. The number of hydrogen-bond acceptors (Lipinski definition) is 8. The van der Waals surface area contributed by atoms with E-state index in [0.29, 0.717) is 23.8 Å². The van der Waals surface area contributed by atoms with Gasteiger partial charge in [-0.15, -0.1) is 11.8 Å². The van der Waals surface area contributed by atoms with Crippen molar-refractivity contribution in [3.05, 3.63) is 53.9 Å². The molecule has 2 unspecified atom stereocenters. The van der Waals surface area contributed by atoms with Gasteiger partial charge in [-0.25, -0.2) is 0 Å². The lowest BCUT2D eigenvalue weighted by atomic mass is 10.1. The number of carbonyl (C=O) groups is 2. The third-order valence-corrected chi connectivity index (χ3v) is 6.76. The second-order valence-corrected chi connectivity index (χ2v) is 8.69. The van der Waals surface area contributed by atoms with Gasteiger partial charge in [0.2, 0.25) is 11.8 Å². The van der Waals surface area contributed by atoms with E-state index in [1.165, 1.54) is 18.9 Å². The van der Waals surface area contributed by atoms with Crippen LogP contribution in [0.1, 0.15) is 22.9 Å². The number of carbonyl (C=O) groups excluding carboxylic acids is 2. The van der Waals surface area contributed by atoms with Crippen LogP contribution in [0, 0.1) is 11.3 Å². The summed E-state index contributed by atoms with van der Waals surface area (Å²) < 4.78 is 15.9. The Bertz CT molecular complexity index is 1030. The molecule has 0 aliphatic carbocycles. The van der Waals surface area contributed by atoms with E-state index in [2.05, 4.69) is 11.1 Å². The van der Waals surface area contributed by atoms with Crippen LogP contribution in [0.2, 0.25) is 0 Å². The summed E-state index contributed by atoms with van der Waals surface area (Å²) in [4.78, 5) is 34.1. The summed E-state index contributed by atoms with van der Waals surface area (Å²) in [6.07, 6.45) is 3.55. The monoisotopic (exact) mass is 484 g/mol. The molecule has 2 heterocycles. The van der Waals surface area contributed by atoms with Gasteiger partial charge in [0.15, 0.2) is 11.5 Å². The maximum atomic E-state index is 13.7. The van der Waals surface area contributed by atoms with Crippen LogP contribution in [0.3, 0.4) is 0 Å². The Hall–Kier alpha value is -3.29. The predicted octanol–water partition coefficient (Wildman–Crippen LogP) is 2.63. The van der Waals surface area contributed by atoms with Crippen LogP contribution in [0.15, 0.2) is 42.7 Å². The average molecular weight is 485 g/mol. The zero-order chi connectivity index (χ0) is 24.5. The second kappa shape index (κ2) is 12.3. The van der Waals surface area contributed by atoms with Gasteiger partial charge in [0.1, 0.15) is 18.0 Å². The van der Waals surface area contributed by atoms with Crippen LogP contribution in [-0.2, 0) is 20.9 Å². The average Bonchev–Trinajstić information content (AvgIpc) is 3.31. The Kier molecular flexibility index (Phi) is 9.13. The number of nitriles is 1. The molecule has 1 aromatic heterocycles. The van der Waals surface area contributed by atoms with Crippen LogP contribution in [0.5, 0.6) is 11.5 Å². The fourth-order valence-corrected chi connectivity index (χ4v) is 5.27. The minimum atomic E-state index is -0.693. The highest BCUT2D eigenvalue weighted by atomic mass is 32.2. The smallest absolute Gasteiger partial charge is 0.250 e. The van der Waals surface area contributed by atoms with Crippen molar-refractivity contribution >= 4 is 23.6 Å². The predicted molar refractivity (Wildman–Crippen MR) is 127 cm³/mol. The van der Waals surface area contributed by atoms with Crippen molar-refractivity contribution in [1.82, 2.24) is 14.8 Å². The molecule has 2 atom stereocenters. The molecule has 1 aliphatic rings. The van der Waals surface area contributed by atoms with Crippen LogP contribution < -0.4 is 9.47 Å². The summed E-state index contributed by atoms with van der Waals surface area (Å²) in [5, 5.41) is 8.72. The number of pyridine rings is 1. The van der Waals surface area contributed by atoms with Crippen molar-refractivity contribution in [3.63, 3.8) is 0 Å². The first kappa shape index (κ1) is 25.3. The molecule has 1 aromatic carbocycles. The lowest BCUT2D eigenvalue weighted by Gasteiger charge is -2.32. The molecule has 3 rings (SSSR count). The molecule has 0 N–H and O–H groups in total.